The first-order valence-corrected chi connectivity index (χ1v) is 6.42. The topological polar surface area (TPSA) is 83.6 Å². The molecule has 1 aliphatic heterocycles. The molecule has 0 aliphatic carbocycles. The van der Waals surface area contributed by atoms with E-state index >= 15 is 0 Å². The SMILES string of the molecule is CCC(N)C(=O)N1CC(C(=O)O)Cc2ccccc21. The van der Waals surface area contributed by atoms with Crippen LogP contribution >= 0.6 is 0 Å². The number of para-hydroxylation sites is 1. The van der Waals surface area contributed by atoms with Crippen molar-refractivity contribution in [1.29, 1.82) is 0 Å². The number of benzene rings is 1. The summed E-state index contributed by atoms with van der Waals surface area (Å²) < 4.78 is 0. The number of carbonyl (C=O) groups is 2. The van der Waals surface area contributed by atoms with E-state index in [-0.39, 0.29) is 12.5 Å². The van der Waals surface area contributed by atoms with Crippen molar-refractivity contribution in [3.8, 4) is 0 Å². The summed E-state index contributed by atoms with van der Waals surface area (Å²) in [7, 11) is 0. The Bertz CT molecular complexity index is 501. The molecule has 2 unspecified atom stereocenters. The minimum absolute atomic E-state index is 0.193. The Morgan fingerprint density at radius 2 is 2.16 bits per heavy atom. The first-order chi connectivity index (χ1) is 9.04. The maximum Gasteiger partial charge on any atom is 0.308 e. The quantitative estimate of drug-likeness (QED) is 0.851. The maximum absolute atomic E-state index is 12.3. The van der Waals surface area contributed by atoms with E-state index in [1.165, 1.54) is 4.90 Å². The number of rotatable bonds is 3. The van der Waals surface area contributed by atoms with Gasteiger partial charge in [-0.25, -0.2) is 0 Å². The average molecular weight is 262 g/mol. The number of hydrogen-bond acceptors (Lipinski definition) is 3. The summed E-state index contributed by atoms with van der Waals surface area (Å²) in [5, 5.41) is 9.19. The third-order valence-corrected chi connectivity index (χ3v) is 3.52. The smallest absolute Gasteiger partial charge is 0.308 e. The molecule has 0 fully saturated rings. The molecular weight excluding hydrogens is 244 g/mol. The summed E-state index contributed by atoms with van der Waals surface area (Å²) in [5.74, 6) is -1.65. The van der Waals surface area contributed by atoms with Crippen molar-refractivity contribution in [2.75, 3.05) is 11.4 Å². The lowest BCUT2D eigenvalue weighted by atomic mass is 9.92. The molecule has 1 aromatic carbocycles. The highest BCUT2D eigenvalue weighted by molar-refractivity contribution is 5.99. The Kier molecular flexibility index (Phi) is 3.85. The molecule has 2 atom stereocenters. The number of amides is 1. The second kappa shape index (κ2) is 5.40. The molecule has 2 rings (SSSR count). The van der Waals surface area contributed by atoms with Crippen LogP contribution in [0.5, 0.6) is 0 Å². The van der Waals surface area contributed by atoms with E-state index in [1.807, 2.05) is 31.2 Å². The third kappa shape index (κ3) is 2.61. The van der Waals surface area contributed by atoms with Crippen LogP contribution in [0.2, 0.25) is 0 Å². The van der Waals surface area contributed by atoms with Gasteiger partial charge in [0.15, 0.2) is 0 Å². The molecule has 0 bridgehead atoms. The van der Waals surface area contributed by atoms with E-state index < -0.39 is 17.9 Å². The van der Waals surface area contributed by atoms with Crippen molar-refractivity contribution in [2.45, 2.75) is 25.8 Å². The van der Waals surface area contributed by atoms with E-state index in [9.17, 15) is 14.7 Å². The number of nitrogens with two attached hydrogens (primary N) is 1. The van der Waals surface area contributed by atoms with Crippen LogP contribution in [0.15, 0.2) is 24.3 Å². The first-order valence-electron chi connectivity index (χ1n) is 6.42. The largest absolute Gasteiger partial charge is 0.481 e. The molecule has 3 N–H and O–H groups in total. The number of carboxylic acid groups (broad SMARTS) is 1. The van der Waals surface area contributed by atoms with Crippen LogP contribution in [0.25, 0.3) is 0 Å². The summed E-state index contributed by atoms with van der Waals surface area (Å²) in [5.41, 5.74) is 7.46. The van der Waals surface area contributed by atoms with E-state index in [0.717, 1.165) is 11.3 Å². The van der Waals surface area contributed by atoms with Gasteiger partial charge < -0.3 is 15.7 Å². The molecule has 0 spiro atoms. The lowest BCUT2D eigenvalue weighted by Crippen LogP contribution is -2.49. The number of hydrogen-bond donors (Lipinski definition) is 2. The predicted octanol–water partition coefficient (Wildman–Crippen LogP) is 1.01. The molecule has 1 aliphatic rings. The average Bonchev–Trinajstić information content (AvgIpc) is 2.44. The van der Waals surface area contributed by atoms with Crippen molar-refractivity contribution in [3.63, 3.8) is 0 Å². The molecule has 1 heterocycles. The Labute approximate surface area is 112 Å². The molecular formula is C14H18N2O3. The van der Waals surface area contributed by atoms with Gasteiger partial charge >= 0.3 is 5.97 Å². The van der Waals surface area contributed by atoms with Crippen LogP contribution in [0.1, 0.15) is 18.9 Å². The number of carboxylic acids is 1. The van der Waals surface area contributed by atoms with Crippen molar-refractivity contribution >= 4 is 17.6 Å². The molecule has 1 aromatic rings. The van der Waals surface area contributed by atoms with Crippen LogP contribution < -0.4 is 10.6 Å². The number of anilines is 1. The molecule has 0 aromatic heterocycles. The molecule has 0 saturated carbocycles. The Morgan fingerprint density at radius 1 is 1.47 bits per heavy atom. The number of carbonyl (C=O) groups excluding carboxylic acids is 1. The van der Waals surface area contributed by atoms with Gasteiger partial charge in [-0.05, 0) is 24.5 Å². The highest BCUT2D eigenvalue weighted by Gasteiger charge is 2.33. The zero-order valence-corrected chi connectivity index (χ0v) is 10.9. The van der Waals surface area contributed by atoms with Crippen LogP contribution in [-0.2, 0) is 16.0 Å². The zero-order chi connectivity index (χ0) is 14.0. The first kappa shape index (κ1) is 13.5. The minimum Gasteiger partial charge on any atom is -0.481 e. The summed E-state index contributed by atoms with van der Waals surface area (Å²) in [6.07, 6.45) is 0.992. The van der Waals surface area contributed by atoms with Gasteiger partial charge in [0.05, 0.1) is 12.0 Å². The molecule has 0 saturated heterocycles. The van der Waals surface area contributed by atoms with Crippen LogP contribution in [0.4, 0.5) is 5.69 Å². The van der Waals surface area contributed by atoms with E-state index in [4.69, 9.17) is 5.73 Å². The van der Waals surface area contributed by atoms with Gasteiger partial charge in [-0.3, -0.25) is 9.59 Å². The van der Waals surface area contributed by atoms with Crippen molar-refractivity contribution in [2.24, 2.45) is 11.7 Å². The van der Waals surface area contributed by atoms with Gasteiger partial charge in [0.1, 0.15) is 0 Å². The Balaban J connectivity index is 2.36. The molecule has 5 nitrogen and oxygen atoms in total. The number of nitrogens with zero attached hydrogens (tertiary/aromatic N) is 1. The highest BCUT2D eigenvalue weighted by Crippen LogP contribution is 2.30. The van der Waals surface area contributed by atoms with E-state index in [1.54, 1.807) is 0 Å². The fourth-order valence-corrected chi connectivity index (χ4v) is 2.34. The van der Waals surface area contributed by atoms with Crippen LogP contribution in [0, 0.1) is 5.92 Å². The molecule has 19 heavy (non-hydrogen) atoms. The van der Waals surface area contributed by atoms with Gasteiger partial charge in [0.25, 0.3) is 0 Å². The van der Waals surface area contributed by atoms with Crippen LogP contribution in [0.3, 0.4) is 0 Å². The second-order valence-electron chi connectivity index (χ2n) is 4.83. The summed E-state index contributed by atoms with van der Waals surface area (Å²) in [4.78, 5) is 25.0. The van der Waals surface area contributed by atoms with Gasteiger partial charge in [-0.2, -0.15) is 0 Å². The second-order valence-corrected chi connectivity index (χ2v) is 4.83. The van der Waals surface area contributed by atoms with Crippen LogP contribution in [-0.4, -0.2) is 29.6 Å². The van der Waals surface area contributed by atoms with E-state index in [0.29, 0.717) is 12.8 Å². The maximum atomic E-state index is 12.3. The minimum atomic E-state index is -0.877. The molecule has 1 amide bonds. The van der Waals surface area contributed by atoms with Gasteiger partial charge in [0.2, 0.25) is 5.91 Å². The fourth-order valence-electron chi connectivity index (χ4n) is 2.34. The Morgan fingerprint density at radius 3 is 2.79 bits per heavy atom. The zero-order valence-electron chi connectivity index (χ0n) is 10.9. The summed E-state index contributed by atoms with van der Waals surface area (Å²) >= 11 is 0. The normalized spacial score (nSPS) is 19.7. The van der Waals surface area contributed by atoms with Gasteiger partial charge in [-0.15, -0.1) is 0 Å². The fraction of sp³-hybridized carbons (Fsp3) is 0.429. The van der Waals surface area contributed by atoms with Crippen molar-refractivity contribution in [3.05, 3.63) is 29.8 Å². The standard InChI is InChI=1S/C14H18N2O3/c1-2-11(15)13(17)16-8-10(14(18)19)7-9-5-3-4-6-12(9)16/h3-6,10-11H,2,7-8,15H2,1H3,(H,18,19). The van der Waals surface area contributed by atoms with E-state index in [2.05, 4.69) is 0 Å². The summed E-state index contributed by atoms with van der Waals surface area (Å²) in [6.45, 7) is 2.03. The van der Waals surface area contributed by atoms with Crippen molar-refractivity contribution < 1.29 is 14.7 Å². The predicted molar refractivity (Wildman–Crippen MR) is 71.9 cm³/mol. The third-order valence-electron chi connectivity index (χ3n) is 3.52. The highest BCUT2D eigenvalue weighted by atomic mass is 16.4. The Hall–Kier alpha value is -1.88. The number of fused-ring (bicyclic) bond motifs is 1. The van der Waals surface area contributed by atoms with Gasteiger partial charge in [-0.1, -0.05) is 25.1 Å². The lowest BCUT2D eigenvalue weighted by Gasteiger charge is -2.34. The van der Waals surface area contributed by atoms with Gasteiger partial charge in [0, 0.05) is 12.2 Å². The summed E-state index contributed by atoms with van der Waals surface area (Å²) in [6, 6.07) is 6.82. The van der Waals surface area contributed by atoms with Crippen molar-refractivity contribution in [1.82, 2.24) is 0 Å². The molecule has 5 heteroatoms. The number of aliphatic carboxylic acids is 1. The molecule has 0 radical (unpaired) electrons. The monoisotopic (exact) mass is 262 g/mol. The molecule has 102 valence electrons. The lowest BCUT2D eigenvalue weighted by molar-refractivity contribution is -0.141.